The number of nitrogens with zero attached hydrogens (tertiary/aromatic N) is 1. The second kappa shape index (κ2) is 1.71. The van der Waals surface area contributed by atoms with Crippen LogP contribution >= 0.6 is 0 Å². The molecule has 0 aromatic heterocycles. The van der Waals surface area contributed by atoms with Crippen LogP contribution in [0.3, 0.4) is 0 Å². The SMILES string of the molecule is CC(C)(C)[C@@H]1O[C@H]1C#N. The van der Waals surface area contributed by atoms with Gasteiger partial charge < -0.3 is 4.74 Å². The van der Waals surface area contributed by atoms with Crippen LogP contribution in [0.1, 0.15) is 20.8 Å². The summed E-state index contributed by atoms with van der Waals surface area (Å²) in [7, 11) is 0. The third-order valence-electron chi connectivity index (χ3n) is 1.47. The fourth-order valence-electron chi connectivity index (χ4n) is 0.869. The number of ether oxygens (including phenoxy) is 1. The quantitative estimate of drug-likeness (QED) is 0.458. The van der Waals surface area contributed by atoms with Crippen molar-refractivity contribution >= 4 is 0 Å². The predicted molar refractivity (Wildman–Crippen MR) is 33.7 cm³/mol. The van der Waals surface area contributed by atoms with Crippen LogP contribution in [0.25, 0.3) is 0 Å². The largest absolute Gasteiger partial charge is 0.353 e. The van der Waals surface area contributed by atoms with E-state index in [2.05, 4.69) is 26.8 Å². The molecule has 0 saturated carbocycles. The number of hydrogen-bond acceptors (Lipinski definition) is 2. The van der Waals surface area contributed by atoms with Gasteiger partial charge in [-0.25, -0.2) is 0 Å². The van der Waals surface area contributed by atoms with Crippen LogP contribution in [0.15, 0.2) is 0 Å². The average molecular weight is 125 g/mol. The zero-order chi connectivity index (χ0) is 7.07. The van der Waals surface area contributed by atoms with Crippen molar-refractivity contribution in [3.63, 3.8) is 0 Å². The van der Waals surface area contributed by atoms with Crippen molar-refractivity contribution in [2.45, 2.75) is 33.0 Å². The highest BCUT2D eigenvalue weighted by atomic mass is 16.6. The molecular formula is C7H11NO. The average Bonchev–Trinajstić information content (AvgIpc) is 2.39. The predicted octanol–water partition coefficient (Wildman–Crippen LogP) is 1.32. The van der Waals surface area contributed by atoms with Crippen LogP contribution < -0.4 is 0 Å². The molecule has 0 unspecified atom stereocenters. The van der Waals surface area contributed by atoms with Crippen molar-refractivity contribution in [2.24, 2.45) is 5.41 Å². The van der Waals surface area contributed by atoms with E-state index >= 15 is 0 Å². The Bertz CT molecular complexity index is 151. The first-order chi connectivity index (χ1) is 4.05. The van der Waals surface area contributed by atoms with Crippen LogP contribution in [0.2, 0.25) is 0 Å². The minimum absolute atomic E-state index is 0.134. The summed E-state index contributed by atoms with van der Waals surface area (Å²) in [6.07, 6.45) is 0.0347. The molecule has 2 heteroatoms. The fraction of sp³-hybridized carbons (Fsp3) is 0.857. The Kier molecular flexibility index (Phi) is 1.25. The lowest BCUT2D eigenvalue weighted by Gasteiger charge is -2.12. The number of epoxide rings is 1. The summed E-state index contributed by atoms with van der Waals surface area (Å²) in [6.45, 7) is 6.24. The van der Waals surface area contributed by atoms with Gasteiger partial charge in [0.1, 0.15) is 6.10 Å². The van der Waals surface area contributed by atoms with E-state index in [1.54, 1.807) is 0 Å². The summed E-state index contributed by atoms with van der Waals surface area (Å²) in [4.78, 5) is 0. The molecule has 1 saturated heterocycles. The maximum absolute atomic E-state index is 8.36. The summed E-state index contributed by atoms with van der Waals surface area (Å²) in [5.41, 5.74) is 0.139. The second-order valence-corrected chi connectivity index (χ2v) is 3.47. The smallest absolute Gasteiger partial charge is 0.171 e. The molecule has 0 radical (unpaired) electrons. The Morgan fingerprint density at radius 3 is 2.11 bits per heavy atom. The van der Waals surface area contributed by atoms with Gasteiger partial charge in [0.05, 0.1) is 6.07 Å². The molecule has 1 aliphatic heterocycles. The van der Waals surface area contributed by atoms with Crippen molar-refractivity contribution in [2.75, 3.05) is 0 Å². The van der Waals surface area contributed by atoms with E-state index in [0.717, 1.165) is 0 Å². The number of nitriles is 1. The summed E-state index contributed by atoms with van der Waals surface area (Å²) >= 11 is 0. The molecule has 0 aliphatic carbocycles. The van der Waals surface area contributed by atoms with E-state index in [1.165, 1.54) is 0 Å². The second-order valence-electron chi connectivity index (χ2n) is 3.47. The maximum atomic E-state index is 8.36. The van der Waals surface area contributed by atoms with Crippen LogP contribution in [-0.2, 0) is 4.74 Å². The monoisotopic (exact) mass is 125 g/mol. The van der Waals surface area contributed by atoms with Gasteiger partial charge in [0, 0.05) is 0 Å². The van der Waals surface area contributed by atoms with Gasteiger partial charge in [-0.3, -0.25) is 0 Å². The molecule has 1 rings (SSSR count). The highest BCUT2D eigenvalue weighted by molar-refractivity contribution is 5.06. The highest BCUT2D eigenvalue weighted by Crippen LogP contribution is 2.37. The number of rotatable bonds is 0. The molecule has 0 bridgehead atoms. The van der Waals surface area contributed by atoms with Crippen molar-refractivity contribution in [1.82, 2.24) is 0 Å². The topological polar surface area (TPSA) is 36.3 Å². The molecule has 0 aromatic rings. The molecule has 50 valence electrons. The van der Waals surface area contributed by atoms with E-state index < -0.39 is 0 Å². The van der Waals surface area contributed by atoms with Gasteiger partial charge in [-0.2, -0.15) is 5.26 Å². The zero-order valence-corrected chi connectivity index (χ0v) is 6.01. The normalized spacial score (nSPS) is 33.6. The maximum Gasteiger partial charge on any atom is 0.171 e. The van der Waals surface area contributed by atoms with Gasteiger partial charge in [-0.1, -0.05) is 20.8 Å². The van der Waals surface area contributed by atoms with Gasteiger partial charge in [0.15, 0.2) is 6.10 Å². The van der Waals surface area contributed by atoms with Crippen molar-refractivity contribution in [1.29, 1.82) is 5.26 Å². The lowest BCUT2D eigenvalue weighted by Crippen LogP contribution is -2.15. The van der Waals surface area contributed by atoms with E-state index in [-0.39, 0.29) is 17.6 Å². The third-order valence-corrected chi connectivity index (χ3v) is 1.47. The summed E-state index contributed by atoms with van der Waals surface area (Å²) in [5, 5.41) is 8.36. The van der Waals surface area contributed by atoms with Gasteiger partial charge in [-0.05, 0) is 5.41 Å². The summed E-state index contributed by atoms with van der Waals surface area (Å²) in [5.74, 6) is 0. The lowest BCUT2D eigenvalue weighted by molar-refractivity contribution is 0.263. The molecule has 0 N–H and O–H groups in total. The van der Waals surface area contributed by atoms with Gasteiger partial charge in [0.2, 0.25) is 0 Å². The Labute approximate surface area is 55.4 Å². The third kappa shape index (κ3) is 1.22. The van der Waals surface area contributed by atoms with E-state index in [4.69, 9.17) is 10.00 Å². The minimum Gasteiger partial charge on any atom is -0.353 e. The Hall–Kier alpha value is -0.550. The van der Waals surface area contributed by atoms with Crippen LogP contribution in [0, 0.1) is 16.7 Å². The Morgan fingerprint density at radius 1 is 1.44 bits per heavy atom. The van der Waals surface area contributed by atoms with E-state index in [0.29, 0.717) is 0 Å². The zero-order valence-electron chi connectivity index (χ0n) is 6.01. The van der Waals surface area contributed by atoms with E-state index in [1.807, 2.05) is 0 Å². The molecule has 2 nitrogen and oxygen atoms in total. The van der Waals surface area contributed by atoms with Crippen molar-refractivity contribution in [3.05, 3.63) is 0 Å². The van der Waals surface area contributed by atoms with Gasteiger partial charge >= 0.3 is 0 Å². The highest BCUT2D eigenvalue weighted by Gasteiger charge is 2.47. The van der Waals surface area contributed by atoms with Gasteiger partial charge in [-0.15, -0.1) is 0 Å². The van der Waals surface area contributed by atoms with Crippen LogP contribution in [0.5, 0.6) is 0 Å². The summed E-state index contributed by atoms with van der Waals surface area (Å²) < 4.78 is 5.07. The van der Waals surface area contributed by atoms with Crippen LogP contribution in [-0.4, -0.2) is 12.2 Å². The Balaban J connectivity index is 2.45. The lowest BCUT2D eigenvalue weighted by atomic mass is 9.90. The van der Waals surface area contributed by atoms with Crippen LogP contribution in [0.4, 0.5) is 0 Å². The first-order valence-corrected chi connectivity index (χ1v) is 3.11. The first-order valence-electron chi connectivity index (χ1n) is 3.11. The molecule has 1 heterocycles. The van der Waals surface area contributed by atoms with E-state index in [9.17, 15) is 0 Å². The molecule has 0 aromatic carbocycles. The molecule has 9 heavy (non-hydrogen) atoms. The standard InChI is InChI=1S/C7H11NO/c1-7(2,3)6-5(4-8)9-6/h5-6H,1-3H3/t5-,6+/m0/s1. The van der Waals surface area contributed by atoms with Crippen molar-refractivity contribution in [3.8, 4) is 6.07 Å². The van der Waals surface area contributed by atoms with Crippen molar-refractivity contribution < 1.29 is 4.74 Å². The molecular weight excluding hydrogens is 114 g/mol. The molecule has 0 spiro atoms. The Morgan fingerprint density at radius 2 is 2.00 bits per heavy atom. The first kappa shape index (κ1) is 6.57. The fourth-order valence-corrected chi connectivity index (χ4v) is 0.869. The molecule has 1 aliphatic rings. The molecule has 0 amide bonds. The minimum atomic E-state index is -0.134. The number of hydrogen-bond donors (Lipinski definition) is 0. The van der Waals surface area contributed by atoms with Gasteiger partial charge in [0.25, 0.3) is 0 Å². The molecule has 2 atom stereocenters. The summed E-state index contributed by atoms with van der Waals surface area (Å²) in [6, 6.07) is 2.07. The molecule has 1 fully saturated rings.